The van der Waals surface area contributed by atoms with E-state index in [9.17, 15) is 21.6 Å². The van der Waals surface area contributed by atoms with Crippen molar-refractivity contribution >= 4 is 48.9 Å². The van der Waals surface area contributed by atoms with Crippen molar-refractivity contribution in [3.05, 3.63) is 71.2 Å². The third kappa shape index (κ3) is 6.45. The topological polar surface area (TPSA) is 140 Å². The Bertz CT molecular complexity index is 1570. The van der Waals surface area contributed by atoms with Gasteiger partial charge in [-0.1, -0.05) is 11.6 Å². The maximum absolute atomic E-state index is 13.1. The minimum absolute atomic E-state index is 0.0156. The number of ether oxygens (including phenoxy) is 3. The summed E-state index contributed by atoms with van der Waals surface area (Å²) in [5.74, 6) is -0.0911. The first kappa shape index (κ1) is 28.6. The Morgan fingerprint density at radius 1 is 0.872 bits per heavy atom. The highest BCUT2D eigenvalue weighted by molar-refractivity contribution is 7.92. The van der Waals surface area contributed by atoms with Gasteiger partial charge in [-0.15, -0.1) is 0 Å². The van der Waals surface area contributed by atoms with Gasteiger partial charge in [0.05, 0.1) is 48.5 Å². The number of hydrogen-bond acceptors (Lipinski definition) is 8. The monoisotopic (exact) mass is 595 g/mol. The highest BCUT2D eigenvalue weighted by Gasteiger charge is 2.26. The summed E-state index contributed by atoms with van der Waals surface area (Å²) in [6.45, 7) is 1.17. The lowest BCUT2D eigenvalue weighted by atomic mass is 10.1. The van der Waals surface area contributed by atoms with Gasteiger partial charge in [-0.2, -0.15) is 4.31 Å². The summed E-state index contributed by atoms with van der Waals surface area (Å²) in [6, 6.07) is 13.9. The summed E-state index contributed by atoms with van der Waals surface area (Å²) in [5, 5.41) is 2.85. The lowest BCUT2D eigenvalue weighted by molar-refractivity contribution is 0.0730. The van der Waals surface area contributed by atoms with Crippen molar-refractivity contribution in [3.8, 4) is 11.5 Å². The Morgan fingerprint density at radius 2 is 1.51 bits per heavy atom. The average molecular weight is 596 g/mol. The summed E-state index contributed by atoms with van der Waals surface area (Å²) >= 11 is 6.10. The Hall–Kier alpha value is -3.36. The fourth-order valence-electron chi connectivity index (χ4n) is 3.83. The molecule has 0 aromatic heterocycles. The highest BCUT2D eigenvalue weighted by Crippen LogP contribution is 2.31. The van der Waals surface area contributed by atoms with E-state index in [4.69, 9.17) is 25.8 Å². The largest absolute Gasteiger partial charge is 0.493 e. The molecule has 0 atom stereocenters. The molecule has 0 bridgehead atoms. The Kier molecular flexibility index (Phi) is 8.67. The van der Waals surface area contributed by atoms with E-state index < -0.39 is 26.0 Å². The number of anilines is 2. The zero-order valence-electron chi connectivity index (χ0n) is 21.0. The molecule has 3 aromatic rings. The third-order valence-electron chi connectivity index (χ3n) is 5.86. The van der Waals surface area contributed by atoms with Gasteiger partial charge in [-0.25, -0.2) is 16.8 Å². The molecule has 0 spiro atoms. The van der Waals surface area contributed by atoms with Crippen LogP contribution in [0.15, 0.2) is 70.5 Å². The van der Waals surface area contributed by atoms with Gasteiger partial charge in [0.1, 0.15) is 0 Å². The summed E-state index contributed by atoms with van der Waals surface area (Å²) in [7, 11) is -5.02. The molecule has 1 aliphatic rings. The zero-order chi connectivity index (χ0) is 28.2. The lowest BCUT2D eigenvalue weighted by Gasteiger charge is -2.26. The van der Waals surface area contributed by atoms with Gasteiger partial charge in [0.15, 0.2) is 11.5 Å². The van der Waals surface area contributed by atoms with Crippen molar-refractivity contribution in [2.75, 3.05) is 50.6 Å². The van der Waals surface area contributed by atoms with Crippen LogP contribution in [0.3, 0.4) is 0 Å². The van der Waals surface area contributed by atoms with Gasteiger partial charge in [0.25, 0.3) is 15.9 Å². The number of rotatable bonds is 9. The van der Waals surface area contributed by atoms with Crippen LogP contribution in [0.1, 0.15) is 10.4 Å². The number of carbonyl (C=O) groups excluding carboxylic acids is 1. The Balaban J connectivity index is 1.55. The molecular weight excluding hydrogens is 570 g/mol. The van der Waals surface area contributed by atoms with E-state index in [0.29, 0.717) is 24.7 Å². The first-order valence-electron chi connectivity index (χ1n) is 11.6. The molecule has 14 heteroatoms. The maximum Gasteiger partial charge on any atom is 0.262 e. The van der Waals surface area contributed by atoms with Gasteiger partial charge in [-0.3, -0.25) is 9.52 Å². The second-order valence-corrected chi connectivity index (χ2v) is 12.4. The first-order chi connectivity index (χ1) is 18.5. The minimum atomic E-state index is -4.13. The van der Waals surface area contributed by atoms with Crippen molar-refractivity contribution < 1.29 is 35.8 Å². The van der Waals surface area contributed by atoms with Crippen LogP contribution in [0.5, 0.6) is 11.5 Å². The number of carbonyl (C=O) groups is 1. The molecule has 2 N–H and O–H groups in total. The molecule has 208 valence electrons. The summed E-state index contributed by atoms with van der Waals surface area (Å²) < 4.78 is 71.2. The molecule has 1 saturated heterocycles. The van der Waals surface area contributed by atoms with Crippen LogP contribution in [0.2, 0.25) is 5.02 Å². The molecule has 0 aliphatic carbocycles. The van der Waals surface area contributed by atoms with E-state index in [1.54, 1.807) is 0 Å². The van der Waals surface area contributed by atoms with Crippen LogP contribution >= 0.6 is 11.6 Å². The Labute approximate surface area is 231 Å². The molecule has 4 rings (SSSR count). The van der Waals surface area contributed by atoms with Gasteiger partial charge in [0.2, 0.25) is 10.0 Å². The Morgan fingerprint density at radius 3 is 2.15 bits per heavy atom. The minimum Gasteiger partial charge on any atom is -0.493 e. The van der Waals surface area contributed by atoms with Crippen LogP contribution in [0.25, 0.3) is 0 Å². The van der Waals surface area contributed by atoms with Crippen LogP contribution in [0.4, 0.5) is 11.4 Å². The van der Waals surface area contributed by atoms with E-state index in [1.165, 1.54) is 79.2 Å². The molecule has 0 unspecified atom stereocenters. The van der Waals surface area contributed by atoms with Gasteiger partial charge < -0.3 is 19.5 Å². The van der Waals surface area contributed by atoms with Crippen molar-refractivity contribution in [1.29, 1.82) is 0 Å². The molecule has 1 fully saturated rings. The molecule has 39 heavy (non-hydrogen) atoms. The number of morpholine rings is 1. The van der Waals surface area contributed by atoms with Crippen molar-refractivity contribution in [3.63, 3.8) is 0 Å². The first-order valence-corrected chi connectivity index (χ1v) is 14.9. The quantitative estimate of drug-likeness (QED) is 0.383. The number of amides is 1. The molecule has 11 nitrogen and oxygen atoms in total. The predicted octanol–water partition coefficient (Wildman–Crippen LogP) is 3.43. The van der Waals surface area contributed by atoms with E-state index in [1.807, 2.05) is 0 Å². The molecule has 1 aliphatic heterocycles. The number of hydrogen-bond donors (Lipinski definition) is 2. The number of methoxy groups -OCH3 is 2. The molecular formula is C25H26ClN3O8S2. The number of benzene rings is 3. The number of sulfonamides is 2. The summed E-state index contributed by atoms with van der Waals surface area (Å²) in [6.07, 6.45) is 0. The predicted molar refractivity (Wildman–Crippen MR) is 146 cm³/mol. The molecule has 1 heterocycles. The van der Waals surface area contributed by atoms with Crippen molar-refractivity contribution in [2.45, 2.75) is 9.79 Å². The third-order valence-corrected chi connectivity index (χ3v) is 9.37. The van der Waals surface area contributed by atoms with Crippen molar-refractivity contribution in [1.82, 2.24) is 4.31 Å². The van der Waals surface area contributed by atoms with Crippen LogP contribution in [0, 0.1) is 0 Å². The fraction of sp³-hybridized carbons (Fsp3) is 0.240. The van der Waals surface area contributed by atoms with Crippen molar-refractivity contribution in [2.24, 2.45) is 0 Å². The second-order valence-electron chi connectivity index (χ2n) is 8.31. The zero-order valence-corrected chi connectivity index (χ0v) is 23.4. The van der Waals surface area contributed by atoms with E-state index in [-0.39, 0.29) is 44.9 Å². The van der Waals surface area contributed by atoms with E-state index >= 15 is 0 Å². The van der Waals surface area contributed by atoms with Gasteiger partial charge >= 0.3 is 0 Å². The van der Waals surface area contributed by atoms with Crippen LogP contribution < -0.4 is 19.5 Å². The van der Waals surface area contributed by atoms with Gasteiger partial charge in [0, 0.05) is 29.9 Å². The SMILES string of the molecule is COc1ccc(S(=O)(=O)Nc2ccc(Cl)cc2C(=O)Nc2ccc(S(=O)(=O)N3CCOCC3)cc2)cc1OC. The maximum atomic E-state index is 13.1. The highest BCUT2D eigenvalue weighted by atomic mass is 35.5. The standard InChI is InChI=1S/C25H26ClN3O8S2/c1-35-23-10-8-20(16-24(23)36-2)38(31,32)28-22-9-3-17(26)15-21(22)25(30)27-18-4-6-19(7-5-18)39(33,34)29-11-13-37-14-12-29/h3-10,15-16,28H,11-14H2,1-2H3,(H,27,30). The number of nitrogens with one attached hydrogen (secondary N) is 2. The molecule has 0 radical (unpaired) electrons. The molecule has 0 saturated carbocycles. The second kappa shape index (κ2) is 11.8. The van der Waals surface area contributed by atoms with Crippen LogP contribution in [-0.4, -0.2) is 67.6 Å². The molecule has 1 amide bonds. The summed E-state index contributed by atoms with van der Waals surface area (Å²) in [5.41, 5.74) is 0.240. The van der Waals surface area contributed by atoms with Gasteiger partial charge in [-0.05, 0) is 54.6 Å². The fourth-order valence-corrected chi connectivity index (χ4v) is 6.50. The van der Waals surface area contributed by atoms with E-state index in [0.717, 1.165) is 0 Å². The molecule has 3 aromatic carbocycles. The average Bonchev–Trinajstić information content (AvgIpc) is 2.94. The summed E-state index contributed by atoms with van der Waals surface area (Å²) in [4.78, 5) is 13.1. The smallest absolute Gasteiger partial charge is 0.262 e. The van der Waals surface area contributed by atoms with E-state index in [2.05, 4.69) is 10.0 Å². The normalized spacial score (nSPS) is 14.4. The lowest BCUT2D eigenvalue weighted by Crippen LogP contribution is -2.40. The van der Waals surface area contributed by atoms with Crippen LogP contribution in [-0.2, 0) is 24.8 Å². The number of halogens is 1. The number of nitrogens with zero attached hydrogens (tertiary/aromatic N) is 1.